The van der Waals surface area contributed by atoms with Crippen LogP contribution in [0.3, 0.4) is 0 Å². The van der Waals surface area contributed by atoms with Crippen LogP contribution in [0.25, 0.3) is 0 Å². The maximum Gasteiger partial charge on any atom is 0.120 e. The molecule has 96 valence electrons. The number of para-hydroxylation sites is 1. The molecule has 0 spiro atoms. The summed E-state index contributed by atoms with van der Waals surface area (Å²) in [5.74, 6) is 2.21. The maximum absolute atomic E-state index is 9.69. The summed E-state index contributed by atoms with van der Waals surface area (Å²) in [5, 5.41) is 13.1. The van der Waals surface area contributed by atoms with E-state index in [1.54, 1.807) is 6.07 Å². The van der Waals surface area contributed by atoms with Crippen molar-refractivity contribution in [2.75, 3.05) is 0 Å². The number of aromatic hydroxyl groups is 1. The van der Waals surface area contributed by atoms with Crippen LogP contribution in [0.15, 0.2) is 34.7 Å². The molecule has 3 heteroatoms. The average Bonchev–Trinajstić information content (AvgIpc) is 2.67. The predicted octanol–water partition coefficient (Wildman–Crippen LogP) is 3.45. The van der Waals surface area contributed by atoms with Crippen molar-refractivity contribution in [2.24, 2.45) is 0 Å². The fourth-order valence-electron chi connectivity index (χ4n) is 2.11. The SMILES string of the molecule is Cc1cc(C(C)NCc2ccccc2O)c(C)o1. The van der Waals surface area contributed by atoms with Crippen molar-refractivity contribution in [1.82, 2.24) is 5.32 Å². The van der Waals surface area contributed by atoms with Crippen LogP contribution in [0, 0.1) is 13.8 Å². The molecule has 0 radical (unpaired) electrons. The summed E-state index contributed by atoms with van der Waals surface area (Å²) in [4.78, 5) is 0. The van der Waals surface area contributed by atoms with E-state index in [0.717, 1.165) is 17.1 Å². The Bertz CT molecular complexity index is 531. The molecule has 0 saturated heterocycles. The van der Waals surface area contributed by atoms with Crippen molar-refractivity contribution in [2.45, 2.75) is 33.4 Å². The third-order valence-electron chi connectivity index (χ3n) is 3.14. The van der Waals surface area contributed by atoms with Crippen LogP contribution in [-0.2, 0) is 6.54 Å². The van der Waals surface area contributed by atoms with Crippen LogP contribution < -0.4 is 5.32 Å². The zero-order valence-electron chi connectivity index (χ0n) is 11.0. The fraction of sp³-hybridized carbons (Fsp3) is 0.333. The minimum Gasteiger partial charge on any atom is -0.508 e. The van der Waals surface area contributed by atoms with Gasteiger partial charge in [-0.05, 0) is 32.9 Å². The Morgan fingerprint density at radius 2 is 2.00 bits per heavy atom. The van der Waals surface area contributed by atoms with E-state index < -0.39 is 0 Å². The van der Waals surface area contributed by atoms with Gasteiger partial charge in [-0.3, -0.25) is 0 Å². The molecule has 1 aromatic heterocycles. The Labute approximate surface area is 107 Å². The molecule has 0 aliphatic carbocycles. The lowest BCUT2D eigenvalue weighted by Crippen LogP contribution is -2.18. The molecule has 18 heavy (non-hydrogen) atoms. The van der Waals surface area contributed by atoms with Gasteiger partial charge in [0, 0.05) is 23.7 Å². The molecular formula is C15H19NO2. The predicted molar refractivity (Wildman–Crippen MR) is 71.5 cm³/mol. The first-order valence-electron chi connectivity index (χ1n) is 6.15. The molecule has 2 rings (SSSR count). The van der Waals surface area contributed by atoms with Gasteiger partial charge in [0.2, 0.25) is 0 Å². The van der Waals surface area contributed by atoms with Crippen LogP contribution in [0.4, 0.5) is 0 Å². The van der Waals surface area contributed by atoms with Gasteiger partial charge >= 0.3 is 0 Å². The van der Waals surface area contributed by atoms with Crippen molar-refractivity contribution >= 4 is 0 Å². The number of benzene rings is 1. The highest BCUT2D eigenvalue weighted by Crippen LogP contribution is 2.22. The van der Waals surface area contributed by atoms with Crippen molar-refractivity contribution in [1.29, 1.82) is 0 Å². The first-order chi connectivity index (χ1) is 8.58. The van der Waals surface area contributed by atoms with E-state index >= 15 is 0 Å². The summed E-state index contributed by atoms with van der Waals surface area (Å²) in [7, 11) is 0. The second-order valence-electron chi connectivity index (χ2n) is 4.60. The second-order valence-corrected chi connectivity index (χ2v) is 4.60. The molecule has 0 fully saturated rings. The Morgan fingerprint density at radius 3 is 2.61 bits per heavy atom. The van der Waals surface area contributed by atoms with Gasteiger partial charge in [0.25, 0.3) is 0 Å². The van der Waals surface area contributed by atoms with Gasteiger partial charge < -0.3 is 14.8 Å². The molecule has 1 atom stereocenters. The zero-order chi connectivity index (χ0) is 13.1. The summed E-state index contributed by atoms with van der Waals surface area (Å²) in [6, 6.07) is 9.62. The van der Waals surface area contributed by atoms with Crippen LogP contribution in [-0.4, -0.2) is 5.11 Å². The van der Waals surface area contributed by atoms with E-state index in [0.29, 0.717) is 12.3 Å². The molecule has 0 bridgehead atoms. The summed E-state index contributed by atoms with van der Waals surface area (Å²) in [6.07, 6.45) is 0. The van der Waals surface area contributed by atoms with Gasteiger partial charge in [0.05, 0.1) is 0 Å². The first-order valence-corrected chi connectivity index (χ1v) is 6.15. The molecule has 0 aliphatic heterocycles. The number of rotatable bonds is 4. The maximum atomic E-state index is 9.69. The third kappa shape index (κ3) is 2.74. The molecule has 1 aromatic carbocycles. The summed E-state index contributed by atoms with van der Waals surface area (Å²) in [5.41, 5.74) is 2.07. The van der Waals surface area contributed by atoms with Crippen LogP contribution in [0.5, 0.6) is 5.75 Å². The Balaban J connectivity index is 2.03. The number of nitrogens with one attached hydrogen (secondary N) is 1. The van der Waals surface area contributed by atoms with Crippen LogP contribution in [0.2, 0.25) is 0 Å². The number of aryl methyl sites for hydroxylation is 2. The highest BCUT2D eigenvalue weighted by Gasteiger charge is 2.12. The molecular weight excluding hydrogens is 226 g/mol. The standard InChI is InChI=1S/C15H19NO2/c1-10-8-14(12(3)18-10)11(2)16-9-13-6-4-5-7-15(13)17/h4-8,11,16-17H,9H2,1-3H3. The van der Waals surface area contributed by atoms with Gasteiger partial charge in [0.15, 0.2) is 0 Å². The Morgan fingerprint density at radius 1 is 1.28 bits per heavy atom. The number of phenols is 1. The number of hydrogen-bond donors (Lipinski definition) is 2. The highest BCUT2D eigenvalue weighted by molar-refractivity contribution is 5.32. The molecule has 2 aromatic rings. The minimum absolute atomic E-state index is 0.196. The van der Waals surface area contributed by atoms with Crippen molar-refractivity contribution in [3.63, 3.8) is 0 Å². The largest absolute Gasteiger partial charge is 0.508 e. The van der Waals surface area contributed by atoms with Gasteiger partial charge in [0.1, 0.15) is 17.3 Å². The topological polar surface area (TPSA) is 45.4 Å². The molecule has 3 nitrogen and oxygen atoms in total. The van der Waals surface area contributed by atoms with Gasteiger partial charge in [-0.15, -0.1) is 0 Å². The van der Waals surface area contributed by atoms with E-state index in [1.165, 1.54) is 5.56 Å². The smallest absolute Gasteiger partial charge is 0.120 e. The van der Waals surface area contributed by atoms with E-state index in [4.69, 9.17) is 4.42 Å². The van der Waals surface area contributed by atoms with Gasteiger partial charge in [-0.1, -0.05) is 18.2 Å². The normalized spacial score (nSPS) is 12.6. The van der Waals surface area contributed by atoms with Gasteiger partial charge in [-0.2, -0.15) is 0 Å². The average molecular weight is 245 g/mol. The quantitative estimate of drug-likeness (QED) is 0.867. The monoisotopic (exact) mass is 245 g/mol. The summed E-state index contributed by atoms with van der Waals surface area (Å²) >= 11 is 0. The molecule has 0 aliphatic rings. The molecule has 1 heterocycles. The molecule has 1 unspecified atom stereocenters. The number of phenolic OH excluding ortho intramolecular Hbond substituents is 1. The fourth-order valence-corrected chi connectivity index (χ4v) is 2.11. The molecule has 0 saturated carbocycles. The van der Waals surface area contributed by atoms with Crippen molar-refractivity contribution in [3.05, 3.63) is 53.0 Å². The zero-order valence-corrected chi connectivity index (χ0v) is 11.0. The minimum atomic E-state index is 0.196. The van der Waals surface area contributed by atoms with Crippen LogP contribution in [0.1, 0.15) is 35.6 Å². The third-order valence-corrected chi connectivity index (χ3v) is 3.14. The Hall–Kier alpha value is -1.74. The van der Waals surface area contributed by atoms with Crippen molar-refractivity contribution < 1.29 is 9.52 Å². The first kappa shape index (κ1) is 12.7. The lowest BCUT2D eigenvalue weighted by Gasteiger charge is -2.13. The number of hydrogen-bond acceptors (Lipinski definition) is 3. The molecule has 0 amide bonds. The van der Waals surface area contributed by atoms with E-state index in [1.807, 2.05) is 32.0 Å². The highest BCUT2D eigenvalue weighted by atomic mass is 16.3. The van der Waals surface area contributed by atoms with Crippen molar-refractivity contribution in [3.8, 4) is 5.75 Å². The van der Waals surface area contributed by atoms with Gasteiger partial charge in [-0.25, -0.2) is 0 Å². The van der Waals surface area contributed by atoms with E-state index in [2.05, 4.69) is 18.3 Å². The summed E-state index contributed by atoms with van der Waals surface area (Å²) in [6.45, 7) is 6.65. The lowest BCUT2D eigenvalue weighted by molar-refractivity contribution is 0.458. The lowest BCUT2D eigenvalue weighted by atomic mass is 10.1. The summed E-state index contributed by atoms with van der Waals surface area (Å²) < 4.78 is 5.52. The molecule has 2 N–H and O–H groups in total. The van der Waals surface area contributed by atoms with E-state index in [-0.39, 0.29) is 6.04 Å². The van der Waals surface area contributed by atoms with E-state index in [9.17, 15) is 5.11 Å². The Kier molecular flexibility index (Phi) is 3.72. The second kappa shape index (κ2) is 5.27. The van der Waals surface area contributed by atoms with Crippen LogP contribution >= 0.6 is 0 Å². The number of furan rings is 1.